The Morgan fingerprint density at radius 3 is 2.40 bits per heavy atom. The summed E-state index contributed by atoms with van der Waals surface area (Å²) in [5.41, 5.74) is 5.82. The fourth-order valence-electron chi connectivity index (χ4n) is 4.47. The van der Waals surface area contributed by atoms with E-state index in [1.165, 1.54) is 12.7 Å². The van der Waals surface area contributed by atoms with Crippen molar-refractivity contribution in [3.63, 3.8) is 0 Å². The Morgan fingerprint density at radius 1 is 0.929 bits per heavy atom. The number of para-hydroxylation sites is 1. The Hall–Kier alpha value is -3.96. The fourth-order valence-corrected chi connectivity index (χ4v) is 4.47. The maximum Gasteiger partial charge on any atom is 0.246 e. The lowest BCUT2D eigenvalue weighted by atomic mass is 9.99. The minimum atomic E-state index is -1.24. The normalized spacial score (nSPS) is 14.0. The van der Waals surface area contributed by atoms with Gasteiger partial charge in [0.15, 0.2) is 0 Å². The molecule has 3 rings (SSSR count). The van der Waals surface area contributed by atoms with Gasteiger partial charge in [-0.3, -0.25) is 24.0 Å². The highest BCUT2D eigenvalue weighted by Crippen LogP contribution is 2.25. The summed E-state index contributed by atoms with van der Waals surface area (Å²) in [6.07, 6.45) is 2.22. The molecule has 0 radical (unpaired) electrons. The van der Waals surface area contributed by atoms with Gasteiger partial charge < -0.3 is 26.0 Å². The molecule has 0 spiro atoms. The first-order valence-electron chi connectivity index (χ1n) is 14.3. The van der Waals surface area contributed by atoms with E-state index in [1.54, 1.807) is 20.8 Å². The lowest BCUT2D eigenvalue weighted by Gasteiger charge is -2.24. The fraction of sp³-hybridized carbons (Fsp3) is 0.484. The number of hydrogen-bond donors (Lipinski definition) is 5. The first kappa shape index (κ1) is 32.6. The van der Waals surface area contributed by atoms with Gasteiger partial charge in [0, 0.05) is 32.3 Å². The molecule has 2 atom stereocenters. The highest BCUT2D eigenvalue weighted by molar-refractivity contribution is 5.94. The number of amides is 4. The van der Waals surface area contributed by atoms with Crippen LogP contribution in [-0.4, -0.2) is 61.6 Å². The molecule has 5 N–H and O–H groups in total. The first-order chi connectivity index (χ1) is 20.1. The van der Waals surface area contributed by atoms with E-state index in [-0.39, 0.29) is 26.0 Å². The van der Waals surface area contributed by atoms with Crippen molar-refractivity contribution in [2.24, 2.45) is 0 Å². The van der Waals surface area contributed by atoms with Gasteiger partial charge in [-0.15, -0.1) is 0 Å². The SMILES string of the molecule is COC[C@H](NC(=O)[C@H](CC(=O)NOC(C)(C)C)NC(=O)CCc1ccccc1)C(=O)NCc1cccc2c1NCCC2. The Morgan fingerprint density at radius 2 is 1.69 bits per heavy atom. The van der Waals surface area contributed by atoms with Crippen molar-refractivity contribution in [1.82, 2.24) is 21.4 Å². The maximum absolute atomic E-state index is 13.4. The molecule has 0 aromatic heterocycles. The van der Waals surface area contributed by atoms with Gasteiger partial charge in [0.2, 0.25) is 23.6 Å². The van der Waals surface area contributed by atoms with Crippen molar-refractivity contribution in [2.45, 2.75) is 77.1 Å². The Balaban J connectivity index is 1.65. The summed E-state index contributed by atoms with van der Waals surface area (Å²) in [6.45, 7) is 6.31. The number of aryl methyl sites for hydroxylation is 2. The first-order valence-corrected chi connectivity index (χ1v) is 14.3. The van der Waals surface area contributed by atoms with Crippen LogP contribution in [0, 0.1) is 0 Å². The largest absolute Gasteiger partial charge is 0.385 e. The number of hydrogen-bond acceptors (Lipinski definition) is 7. The number of nitrogens with one attached hydrogen (secondary N) is 5. The summed E-state index contributed by atoms with van der Waals surface area (Å²) >= 11 is 0. The lowest BCUT2D eigenvalue weighted by molar-refractivity contribution is -0.147. The van der Waals surface area contributed by atoms with Crippen LogP contribution in [-0.2, 0) is 48.1 Å². The highest BCUT2D eigenvalue weighted by atomic mass is 16.7. The number of methoxy groups -OCH3 is 1. The molecule has 1 aliphatic rings. The molecule has 2 aromatic rings. The molecular weight excluding hydrogens is 538 g/mol. The van der Waals surface area contributed by atoms with Crippen LogP contribution < -0.4 is 26.7 Å². The van der Waals surface area contributed by atoms with E-state index < -0.39 is 41.3 Å². The smallest absolute Gasteiger partial charge is 0.246 e. The monoisotopic (exact) mass is 581 g/mol. The summed E-state index contributed by atoms with van der Waals surface area (Å²) in [5.74, 6) is -2.14. The van der Waals surface area contributed by atoms with E-state index in [0.717, 1.165) is 36.2 Å². The average Bonchev–Trinajstić information content (AvgIpc) is 2.97. The second-order valence-electron chi connectivity index (χ2n) is 11.3. The summed E-state index contributed by atoms with van der Waals surface area (Å²) in [4.78, 5) is 57.2. The van der Waals surface area contributed by atoms with Crippen LogP contribution in [0.4, 0.5) is 5.69 Å². The van der Waals surface area contributed by atoms with Gasteiger partial charge in [0.25, 0.3) is 0 Å². The van der Waals surface area contributed by atoms with Gasteiger partial charge >= 0.3 is 0 Å². The van der Waals surface area contributed by atoms with Gasteiger partial charge in [-0.25, -0.2) is 5.48 Å². The van der Waals surface area contributed by atoms with E-state index in [0.29, 0.717) is 6.42 Å². The molecular formula is C31H43N5O6. The zero-order valence-electron chi connectivity index (χ0n) is 24.9. The standard InChI is InChI=1S/C31H43N5O6/c1-31(2,3)42-36-27(38)18-24(34-26(37)16-15-21-10-6-5-7-11-21)30(40)35-25(20-41-4)29(39)33-19-23-13-8-12-22-14-9-17-32-28(22)23/h5-8,10-13,24-25,32H,9,14-20H2,1-4H3,(H,33,39)(H,34,37)(H,35,40)(H,36,38)/t24-,25-/m0/s1. The molecule has 4 amide bonds. The topological polar surface area (TPSA) is 147 Å². The zero-order valence-corrected chi connectivity index (χ0v) is 24.9. The van der Waals surface area contributed by atoms with Crippen LogP contribution in [0.15, 0.2) is 48.5 Å². The summed E-state index contributed by atoms with van der Waals surface area (Å²) in [5, 5.41) is 11.6. The number of carbonyl (C=O) groups is 4. The van der Waals surface area contributed by atoms with Gasteiger partial charge in [0.05, 0.1) is 18.6 Å². The maximum atomic E-state index is 13.4. The molecule has 0 aliphatic carbocycles. The Labute approximate surface area is 247 Å². The molecule has 228 valence electrons. The van der Waals surface area contributed by atoms with Crippen molar-refractivity contribution in [1.29, 1.82) is 0 Å². The second-order valence-corrected chi connectivity index (χ2v) is 11.3. The predicted octanol–water partition coefficient (Wildman–Crippen LogP) is 2.15. The Kier molecular flexibility index (Phi) is 12.3. The van der Waals surface area contributed by atoms with E-state index in [1.807, 2.05) is 42.5 Å². The molecule has 1 aliphatic heterocycles. The van der Waals surface area contributed by atoms with Crippen molar-refractivity contribution in [2.75, 3.05) is 25.6 Å². The van der Waals surface area contributed by atoms with Crippen molar-refractivity contribution < 1.29 is 28.8 Å². The molecule has 1 heterocycles. The number of ether oxygens (including phenoxy) is 1. The third kappa shape index (κ3) is 10.8. The minimum Gasteiger partial charge on any atom is -0.385 e. The third-order valence-electron chi connectivity index (χ3n) is 6.58. The van der Waals surface area contributed by atoms with Gasteiger partial charge in [-0.2, -0.15) is 0 Å². The minimum absolute atomic E-state index is 0.100. The number of rotatable bonds is 14. The molecule has 0 bridgehead atoms. The van der Waals surface area contributed by atoms with E-state index in [4.69, 9.17) is 9.57 Å². The van der Waals surface area contributed by atoms with E-state index >= 15 is 0 Å². The van der Waals surface area contributed by atoms with Crippen molar-refractivity contribution in [3.05, 3.63) is 65.2 Å². The Bertz CT molecular complexity index is 1210. The van der Waals surface area contributed by atoms with Crippen LogP contribution in [0.25, 0.3) is 0 Å². The number of hydroxylamine groups is 1. The van der Waals surface area contributed by atoms with Crippen molar-refractivity contribution >= 4 is 29.3 Å². The van der Waals surface area contributed by atoms with Crippen LogP contribution in [0.3, 0.4) is 0 Å². The quantitative estimate of drug-likeness (QED) is 0.215. The molecule has 11 nitrogen and oxygen atoms in total. The van der Waals surface area contributed by atoms with E-state index in [2.05, 4.69) is 32.8 Å². The van der Waals surface area contributed by atoms with Gasteiger partial charge in [-0.1, -0.05) is 48.5 Å². The van der Waals surface area contributed by atoms with Crippen LogP contribution >= 0.6 is 0 Å². The summed E-state index contributed by atoms with van der Waals surface area (Å²) in [7, 11) is 1.42. The molecule has 42 heavy (non-hydrogen) atoms. The average molecular weight is 582 g/mol. The summed E-state index contributed by atoms with van der Waals surface area (Å²) in [6, 6.07) is 13.1. The lowest BCUT2D eigenvalue weighted by Crippen LogP contribution is -2.56. The van der Waals surface area contributed by atoms with Crippen LogP contribution in [0.5, 0.6) is 0 Å². The zero-order chi connectivity index (χ0) is 30.5. The number of benzene rings is 2. The molecule has 0 fully saturated rings. The molecule has 11 heteroatoms. The summed E-state index contributed by atoms with van der Waals surface area (Å²) < 4.78 is 5.20. The molecule has 0 unspecified atom stereocenters. The molecule has 0 saturated heterocycles. The molecule has 2 aromatic carbocycles. The second kappa shape index (κ2) is 15.9. The van der Waals surface area contributed by atoms with Crippen LogP contribution in [0.1, 0.15) is 56.7 Å². The van der Waals surface area contributed by atoms with Crippen molar-refractivity contribution in [3.8, 4) is 0 Å². The number of anilines is 1. The number of carbonyl (C=O) groups excluding carboxylic acids is 4. The molecule has 0 saturated carbocycles. The highest BCUT2D eigenvalue weighted by Gasteiger charge is 2.29. The third-order valence-corrected chi connectivity index (χ3v) is 6.58. The van der Waals surface area contributed by atoms with Crippen LogP contribution in [0.2, 0.25) is 0 Å². The van der Waals surface area contributed by atoms with Gasteiger partial charge in [0.1, 0.15) is 12.1 Å². The number of fused-ring (bicyclic) bond motifs is 1. The van der Waals surface area contributed by atoms with Gasteiger partial charge in [-0.05, 0) is 56.7 Å². The predicted molar refractivity (Wildman–Crippen MR) is 159 cm³/mol. The van der Waals surface area contributed by atoms with E-state index in [9.17, 15) is 19.2 Å².